The Morgan fingerprint density at radius 3 is 2.91 bits per heavy atom. The van der Waals surface area contributed by atoms with Crippen LogP contribution in [0.5, 0.6) is 0 Å². The van der Waals surface area contributed by atoms with Gasteiger partial charge in [0, 0.05) is 13.2 Å². The topological polar surface area (TPSA) is 9.23 Å². The normalized spacial score (nSPS) is 27.0. The van der Waals surface area contributed by atoms with Crippen LogP contribution in [-0.4, -0.2) is 13.2 Å². The van der Waals surface area contributed by atoms with Crippen LogP contribution < -0.4 is 0 Å². The quantitative estimate of drug-likeness (QED) is 0.597. The molecule has 66 valence electrons. The lowest BCUT2D eigenvalue weighted by molar-refractivity contribution is 0.108. The van der Waals surface area contributed by atoms with E-state index in [-0.39, 0.29) is 0 Å². The minimum absolute atomic E-state index is 0.835. The molecule has 1 unspecified atom stereocenters. The van der Waals surface area contributed by atoms with Crippen LogP contribution in [0.25, 0.3) is 0 Å². The molecule has 0 amide bonds. The summed E-state index contributed by atoms with van der Waals surface area (Å²) in [5.41, 5.74) is 0. The minimum atomic E-state index is 0.835. The van der Waals surface area contributed by atoms with E-state index in [0.717, 1.165) is 25.0 Å². The van der Waals surface area contributed by atoms with Gasteiger partial charge < -0.3 is 4.74 Å². The lowest BCUT2D eigenvalue weighted by atomic mass is 9.94. The van der Waals surface area contributed by atoms with Crippen molar-refractivity contribution in [3.05, 3.63) is 0 Å². The maximum atomic E-state index is 5.51. The molecule has 1 saturated heterocycles. The van der Waals surface area contributed by atoms with Gasteiger partial charge in [0.25, 0.3) is 0 Å². The van der Waals surface area contributed by atoms with Gasteiger partial charge in [-0.3, -0.25) is 0 Å². The second kappa shape index (κ2) is 4.76. The zero-order valence-corrected chi connectivity index (χ0v) is 7.81. The van der Waals surface area contributed by atoms with Gasteiger partial charge in [0.1, 0.15) is 0 Å². The minimum Gasteiger partial charge on any atom is -0.381 e. The molecule has 0 radical (unpaired) electrons. The molecule has 0 aromatic rings. The van der Waals surface area contributed by atoms with Gasteiger partial charge in [-0.1, -0.05) is 20.3 Å². The molecular formula is C10H20O. The molecule has 0 bridgehead atoms. The van der Waals surface area contributed by atoms with Crippen molar-refractivity contribution in [2.45, 2.75) is 39.5 Å². The number of hydrogen-bond acceptors (Lipinski definition) is 1. The monoisotopic (exact) mass is 156 g/mol. The highest BCUT2D eigenvalue weighted by atomic mass is 16.5. The van der Waals surface area contributed by atoms with Crippen LogP contribution in [0.2, 0.25) is 0 Å². The Kier molecular flexibility index (Phi) is 3.92. The smallest absolute Gasteiger partial charge is 0.0494 e. The Hall–Kier alpha value is -0.0400. The van der Waals surface area contributed by atoms with Crippen LogP contribution >= 0.6 is 0 Å². The molecule has 1 rings (SSSR count). The van der Waals surface area contributed by atoms with Crippen molar-refractivity contribution in [3.63, 3.8) is 0 Å². The van der Waals surface area contributed by atoms with Crippen molar-refractivity contribution in [1.82, 2.24) is 0 Å². The fourth-order valence-electron chi connectivity index (χ4n) is 1.82. The summed E-state index contributed by atoms with van der Waals surface area (Å²) in [4.78, 5) is 0. The second-order valence-corrected chi connectivity index (χ2v) is 4.07. The summed E-state index contributed by atoms with van der Waals surface area (Å²) in [6.07, 6.45) is 5.38. The molecule has 0 N–H and O–H groups in total. The van der Waals surface area contributed by atoms with E-state index in [2.05, 4.69) is 13.8 Å². The number of hydrogen-bond donors (Lipinski definition) is 0. The largest absolute Gasteiger partial charge is 0.381 e. The van der Waals surface area contributed by atoms with E-state index in [9.17, 15) is 0 Å². The molecule has 1 heterocycles. The van der Waals surface area contributed by atoms with Crippen LogP contribution in [0.3, 0.4) is 0 Å². The van der Waals surface area contributed by atoms with Crippen LogP contribution in [0.15, 0.2) is 0 Å². The molecule has 1 aliphatic rings. The van der Waals surface area contributed by atoms with Crippen molar-refractivity contribution < 1.29 is 4.74 Å². The molecule has 1 fully saturated rings. The van der Waals surface area contributed by atoms with Crippen molar-refractivity contribution >= 4 is 0 Å². The number of rotatable bonds is 2. The lowest BCUT2D eigenvalue weighted by Crippen LogP contribution is -2.09. The van der Waals surface area contributed by atoms with Crippen molar-refractivity contribution in [1.29, 1.82) is 0 Å². The Balaban J connectivity index is 2.20. The average molecular weight is 156 g/mol. The first-order chi connectivity index (χ1) is 5.29. The van der Waals surface area contributed by atoms with Crippen molar-refractivity contribution in [3.8, 4) is 0 Å². The van der Waals surface area contributed by atoms with E-state index in [1.807, 2.05) is 0 Å². The molecule has 1 heteroatoms. The van der Waals surface area contributed by atoms with E-state index in [1.165, 1.54) is 25.7 Å². The van der Waals surface area contributed by atoms with Gasteiger partial charge in [-0.15, -0.1) is 0 Å². The highest BCUT2D eigenvalue weighted by molar-refractivity contribution is 4.63. The predicted octanol–water partition coefficient (Wildman–Crippen LogP) is 2.85. The van der Waals surface area contributed by atoms with Gasteiger partial charge in [-0.25, -0.2) is 0 Å². The molecule has 1 aliphatic heterocycles. The fraction of sp³-hybridized carbons (Fsp3) is 1.00. The van der Waals surface area contributed by atoms with Gasteiger partial charge in [-0.05, 0) is 31.1 Å². The first-order valence-electron chi connectivity index (χ1n) is 4.87. The van der Waals surface area contributed by atoms with Crippen molar-refractivity contribution in [2.75, 3.05) is 13.2 Å². The summed E-state index contributed by atoms with van der Waals surface area (Å²) in [7, 11) is 0. The lowest BCUT2D eigenvalue weighted by Gasteiger charge is -2.15. The van der Waals surface area contributed by atoms with Crippen LogP contribution in [0.4, 0.5) is 0 Å². The van der Waals surface area contributed by atoms with Gasteiger partial charge in [0.15, 0.2) is 0 Å². The summed E-state index contributed by atoms with van der Waals surface area (Å²) in [5.74, 6) is 1.68. The molecule has 11 heavy (non-hydrogen) atoms. The molecule has 0 aromatic heterocycles. The summed E-state index contributed by atoms with van der Waals surface area (Å²) < 4.78 is 5.51. The maximum Gasteiger partial charge on any atom is 0.0494 e. The standard InChI is InChI=1S/C10H20O/c1-9(2)7-10-5-3-4-6-11-8-10/h9-10H,3-8H2,1-2H3. The SMILES string of the molecule is CC(C)CC1CCCCOC1. The van der Waals surface area contributed by atoms with Gasteiger partial charge in [0.2, 0.25) is 0 Å². The molecular weight excluding hydrogens is 136 g/mol. The van der Waals surface area contributed by atoms with E-state index in [1.54, 1.807) is 0 Å². The van der Waals surface area contributed by atoms with Crippen LogP contribution in [0, 0.1) is 11.8 Å². The summed E-state index contributed by atoms with van der Waals surface area (Å²) >= 11 is 0. The van der Waals surface area contributed by atoms with Gasteiger partial charge in [-0.2, -0.15) is 0 Å². The Morgan fingerprint density at radius 1 is 1.36 bits per heavy atom. The third-order valence-corrected chi connectivity index (χ3v) is 2.31. The Labute approximate surface area is 70.1 Å². The molecule has 0 aliphatic carbocycles. The van der Waals surface area contributed by atoms with E-state index >= 15 is 0 Å². The first kappa shape index (κ1) is 9.05. The van der Waals surface area contributed by atoms with E-state index in [0.29, 0.717) is 0 Å². The Morgan fingerprint density at radius 2 is 2.18 bits per heavy atom. The summed E-state index contributed by atoms with van der Waals surface area (Å²) in [6, 6.07) is 0. The third kappa shape index (κ3) is 3.76. The number of ether oxygens (including phenoxy) is 1. The van der Waals surface area contributed by atoms with Gasteiger partial charge in [0.05, 0.1) is 0 Å². The third-order valence-electron chi connectivity index (χ3n) is 2.31. The predicted molar refractivity (Wildman–Crippen MR) is 47.6 cm³/mol. The molecule has 0 aromatic carbocycles. The van der Waals surface area contributed by atoms with Crippen LogP contribution in [0.1, 0.15) is 39.5 Å². The zero-order valence-electron chi connectivity index (χ0n) is 7.81. The average Bonchev–Trinajstić information content (AvgIpc) is 2.14. The Bertz CT molecular complexity index is 91.0. The zero-order chi connectivity index (χ0) is 8.10. The van der Waals surface area contributed by atoms with Gasteiger partial charge >= 0.3 is 0 Å². The van der Waals surface area contributed by atoms with Crippen molar-refractivity contribution in [2.24, 2.45) is 11.8 Å². The highest BCUT2D eigenvalue weighted by Gasteiger charge is 2.13. The second-order valence-electron chi connectivity index (χ2n) is 4.07. The summed E-state index contributed by atoms with van der Waals surface area (Å²) in [5, 5.41) is 0. The molecule has 1 atom stereocenters. The van der Waals surface area contributed by atoms with Crippen LogP contribution in [-0.2, 0) is 4.74 Å². The van der Waals surface area contributed by atoms with E-state index < -0.39 is 0 Å². The molecule has 0 spiro atoms. The maximum absolute atomic E-state index is 5.51. The van der Waals surface area contributed by atoms with E-state index in [4.69, 9.17) is 4.74 Å². The first-order valence-corrected chi connectivity index (χ1v) is 4.87. The molecule has 1 nitrogen and oxygen atoms in total. The summed E-state index contributed by atoms with van der Waals surface area (Å²) in [6.45, 7) is 6.60. The molecule has 0 saturated carbocycles. The highest BCUT2D eigenvalue weighted by Crippen LogP contribution is 2.20. The fourth-order valence-corrected chi connectivity index (χ4v) is 1.82.